The first-order valence-corrected chi connectivity index (χ1v) is 5.77. The summed E-state index contributed by atoms with van der Waals surface area (Å²) in [6, 6.07) is 3.01. The molecular formula is C10H10N4O2S. The van der Waals surface area contributed by atoms with Crippen molar-refractivity contribution in [3.63, 3.8) is 0 Å². The van der Waals surface area contributed by atoms with E-state index in [1.54, 1.807) is 23.6 Å². The Bertz CT molecular complexity index is 498. The van der Waals surface area contributed by atoms with Crippen molar-refractivity contribution >= 4 is 23.1 Å². The molecule has 2 aromatic heterocycles. The molecule has 7 heteroatoms. The van der Waals surface area contributed by atoms with Crippen LogP contribution < -0.4 is 5.32 Å². The molecule has 0 saturated carbocycles. The molecule has 2 rings (SSSR count). The van der Waals surface area contributed by atoms with Crippen molar-refractivity contribution in [2.75, 3.05) is 5.32 Å². The van der Waals surface area contributed by atoms with E-state index in [2.05, 4.69) is 20.5 Å². The lowest BCUT2D eigenvalue weighted by atomic mass is 10.3. The van der Waals surface area contributed by atoms with Crippen LogP contribution >= 0.6 is 11.3 Å². The third-order valence-electron chi connectivity index (χ3n) is 2.07. The summed E-state index contributed by atoms with van der Waals surface area (Å²) >= 11 is 1.54. The zero-order chi connectivity index (χ0) is 12.3. The van der Waals surface area contributed by atoms with Crippen LogP contribution in [0.15, 0.2) is 23.7 Å². The molecule has 6 nitrogen and oxygen atoms in total. The Morgan fingerprint density at radius 2 is 2.29 bits per heavy atom. The molecule has 0 spiro atoms. The lowest BCUT2D eigenvalue weighted by Gasteiger charge is -2.10. The third kappa shape index (κ3) is 2.76. The SMILES string of the molecule is CC(Nc1ccc(C(=O)O)nn1)c1nccs1. The van der Waals surface area contributed by atoms with E-state index in [0.717, 1.165) is 5.01 Å². The Morgan fingerprint density at radius 1 is 1.47 bits per heavy atom. The summed E-state index contributed by atoms with van der Waals surface area (Å²) < 4.78 is 0. The Kier molecular flexibility index (Phi) is 3.29. The van der Waals surface area contributed by atoms with Crippen LogP contribution in [0.3, 0.4) is 0 Å². The van der Waals surface area contributed by atoms with Gasteiger partial charge in [0, 0.05) is 11.6 Å². The minimum Gasteiger partial charge on any atom is -0.476 e. The van der Waals surface area contributed by atoms with Gasteiger partial charge in [-0.05, 0) is 19.1 Å². The molecule has 2 N–H and O–H groups in total. The molecule has 1 unspecified atom stereocenters. The normalized spacial score (nSPS) is 12.1. The second-order valence-corrected chi connectivity index (χ2v) is 4.27. The van der Waals surface area contributed by atoms with Gasteiger partial charge in [0.05, 0.1) is 6.04 Å². The topological polar surface area (TPSA) is 88.0 Å². The molecule has 0 aliphatic carbocycles. The van der Waals surface area contributed by atoms with Crippen molar-refractivity contribution in [1.29, 1.82) is 0 Å². The van der Waals surface area contributed by atoms with Crippen LogP contribution in [-0.4, -0.2) is 26.3 Å². The summed E-state index contributed by atoms with van der Waals surface area (Å²) in [4.78, 5) is 14.8. The van der Waals surface area contributed by atoms with Gasteiger partial charge in [-0.2, -0.15) is 0 Å². The number of carboxylic acid groups (broad SMARTS) is 1. The van der Waals surface area contributed by atoms with Gasteiger partial charge in [-0.1, -0.05) is 0 Å². The highest BCUT2D eigenvalue weighted by Gasteiger charge is 2.10. The molecule has 0 aliphatic rings. The number of carbonyl (C=O) groups is 1. The molecule has 17 heavy (non-hydrogen) atoms. The standard InChI is InChI=1S/C10H10N4O2S/c1-6(9-11-4-5-17-9)12-8-3-2-7(10(15)16)13-14-8/h2-6H,1H3,(H,12,14)(H,15,16). The van der Waals surface area contributed by atoms with E-state index in [1.807, 2.05) is 12.3 Å². The van der Waals surface area contributed by atoms with Crippen LogP contribution in [0.4, 0.5) is 5.82 Å². The highest BCUT2D eigenvalue weighted by atomic mass is 32.1. The Labute approximate surface area is 101 Å². The second kappa shape index (κ2) is 4.88. The van der Waals surface area contributed by atoms with Crippen LogP contribution in [0.2, 0.25) is 0 Å². The summed E-state index contributed by atoms with van der Waals surface area (Å²) in [5.74, 6) is -0.560. The highest BCUT2D eigenvalue weighted by molar-refractivity contribution is 7.09. The van der Waals surface area contributed by atoms with E-state index in [9.17, 15) is 4.79 Å². The number of hydrogen-bond acceptors (Lipinski definition) is 6. The molecule has 1 atom stereocenters. The Hall–Kier alpha value is -2.02. The molecule has 2 heterocycles. The van der Waals surface area contributed by atoms with E-state index >= 15 is 0 Å². The third-order valence-corrected chi connectivity index (χ3v) is 3.03. The molecule has 0 bridgehead atoms. The van der Waals surface area contributed by atoms with Crippen molar-refractivity contribution < 1.29 is 9.90 Å². The first-order valence-electron chi connectivity index (χ1n) is 4.90. The van der Waals surface area contributed by atoms with Crippen molar-refractivity contribution in [1.82, 2.24) is 15.2 Å². The van der Waals surface area contributed by atoms with Crippen molar-refractivity contribution in [2.45, 2.75) is 13.0 Å². The predicted octanol–water partition coefficient (Wildman–Crippen LogP) is 1.80. The molecule has 88 valence electrons. The fourth-order valence-corrected chi connectivity index (χ4v) is 1.90. The van der Waals surface area contributed by atoms with E-state index in [1.165, 1.54) is 6.07 Å². The van der Waals surface area contributed by atoms with E-state index < -0.39 is 5.97 Å². The number of thiazole rings is 1. The summed E-state index contributed by atoms with van der Waals surface area (Å²) in [5, 5.41) is 22.0. The molecule has 0 saturated heterocycles. The monoisotopic (exact) mass is 250 g/mol. The number of rotatable bonds is 4. The van der Waals surface area contributed by atoms with Gasteiger partial charge in [0.1, 0.15) is 10.8 Å². The molecule has 2 aromatic rings. The number of aromatic carboxylic acids is 1. The maximum absolute atomic E-state index is 10.6. The van der Waals surface area contributed by atoms with Gasteiger partial charge >= 0.3 is 5.97 Å². The maximum Gasteiger partial charge on any atom is 0.356 e. The molecule has 0 radical (unpaired) electrons. The van der Waals surface area contributed by atoms with Crippen LogP contribution in [0.1, 0.15) is 28.5 Å². The van der Waals surface area contributed by atoms with Gasteiger partial charge < -0.3 is 10.4 Å². The zero-order valence-electron chi connectivity index (χ0n) is 8.99. The summed E-state index contributed by atoms with van der Waals surface area (Å²) in [6.45, 7) is 1.95. The van der Waals surface area contributed by atoms with Gasteiger partial charge in [-0.15, -0.1) is 21.5 Å². The minimum atomic E-state index is -1.09. The molecule has 0 fully saturated rings. The van der Waals surface area contributed by atoms with E-state index in [-0.39, 0.29) is 11.7 Å². The van der Waals surface area contributed by atoms with E-state index in [0.29, 0.717) is 5.82 Å². The average Bonchev–Trinajstić information content (AvgIpc) is 2.83. The van der Waals surface area contributed by atoms with Gasteiger partial charge in [-0.3, -0.25) is 0 Å². The Balaban J connectivity index is 2.06. The fraction of sp³-hybridized carbons (Fsp3) is 0.200. The van der Waals surface area contributed by atoms with Crippen LogP contribution in [-0.2, 0) is 0 Å². The van der Waals surface area contributed by atoms with Crippen LogP contribution in [0.5, 0.6) is 0 Å². The van der Waals surface area contributed by atoms with Crippen molar-refractivity contribution in [3.05, 3.63) is 34.4 Å². The summed E-state index contributed by atoms with van der Waals surface area (Å²) in [7, 11) is 0. The number of carboxylic acids is 1. The number of aromatic nitrogens is 3. The molecular weight excluding hydrogens is 240 g/mol. The first kappa shape index (κ1) is 11.5. The predicted molar refractivity (Wildman–Crippen MR) is 63.1 cm³/mol. The molecule has 0 amide bonds. The van der Waals surface area contributed by atoms with Crippen LogP contribution in [0.25, 0.3) is 0 Å². The highest BCUT2D eigenvalue weighted by Crippen LogP contribution is 2.19. The average molecular weight is 250 g/mol. The summed E-state index contributed by atoms with van der Waals surface area (Å²) in [5.41, 5.74) is -0.0718. The second-order valence-electron chi connectivity index (χ2n) is 3.35. The van der Waals surface area contributed by atoms with Gasteiger partial charge in [0.15, 0.2) is 5.69 Å². The van der Waals surface area contributed by atoms with Crippen LogP contribution in [0, 0.1) is 0 Å². The Morgan fingerprint density at radius 3 is 2.82 bits per heavy atom. The van der Waals surface area contributed by atoms with Gasteiger partial charge in [-0.25, -0.2) is 9.78 Å². The fourth-order valence-electron chi connectivity index (χ4n) is 1.26. The molecule has 0 aliphatic heterocycles. The quantitative estimate of drug-likeness (QED) is 0.860. The minimum absolute atomic E-state index is 0.0139. The smallest absolute Gasteiger partial charge is 0.356 e. The summed E-state index contributed by atoms with van der Waals surface area (Å²) in [6.07, 6.45) is 1.73. The number of hydrogen-bond donors (Lipinski definition) is 2. The number of anilines is 1. The number of nitrogens with zero attached hydrogens (tertiary/aromatic N) is 3. The maximum atomic E-state index is 10.6. The van der Waals surface area contributed by atoms with Gasteiger partial charge in [0.25, 0.3) is 0 Å². The van der Waals surface area contributed by atoms with Crippen molar-refractivity contribution in [3.8, 4) is 0 Å². The molecule has 0 aromatic carbocycles. The number of nitrogens with one attached hydrogen (secondary N) is 1. The van der Waals surface area contributed by atoms with Crippen molar-refractivity contribution in [2.24, 2.45) is 0 Å². The lowest BCUT2D eigenvalue weighted by Crippen LogP contribution is -2.09. The zero-order valence-corrected chi connectivity index (χ0v) is 9.81. The van der Waals surface area contributed by atoms with E-state index in [4.69, 9.17) is 5.11 Å². The lowest BCUT2D eigenvalue weighted by molar-refractivity contribution is 0.0689. The first-order chi connectivity index (χ1) is 8.16. The van der Waals surface area contributed by atoms with Gasteiger partial charge in [0.2, 0.25) is 0 Å². The largest absolute Gasteiger partial charge is 0.476 e.